The standard InChI is InChI=1S/C18H14O5/c19-8-5-6-11-12(7-8)18(23)14-13(17(11)22)15(20)9-3-1-2-4-10(9)16(14)21/h1-4,8,19,22-23H,5-7H2. The molecule has 0 amide bonds. The van der Waals surface area contributed by atoms with Crippen LogP contribution in [-0.2, 0) is 12.8 Å². The minimum absolute atomic E-state index is 0.124. The molecule has 116 valence electrons. The third-order valence-electron chi connectivity index (χ3n) is 4.70. The molecule has 2 aliphatic carbocycles. The van der Waals surface area contributed by atoms with Gasteiger partial charge < -0.3 is 15.3 Å². The van der Waals surface area contributed by atoms with Gasteiger partial charge in [0.15, 0.2) is 11.6 Å². The highest BCUT2D eigenvalue weighted by Gasteiger charge is 2.38. The highest BCUT2D eigenvalue weighted by molar-refractivity contribution is 6.30. The summed E-state index contributed by atoms with van der Waals surface area (Å²) in [5.74, 6) is -1.48. The highest BCUT2D eigenvalue weighted by atomic mass is 16.3. The van der Waals surface area contributed by atoms with Crippen molar-refractivity contribution in [2.75, 3.05) is 0 Å². The molecule has 2 aromatic rings. The third-order valence-corrected chi connectivity index (χ3v) is 4.70. The largest absolute Gasteiger partial charge is 0.507 e. The first-order valence-electron chi connectivity index (χ1n) is 7.46. The Bertz CT molecular complexity index is 881. The SMILES string of the molecule is O=C1c2ccccc2C(=O)c2c(O)c3c(c(O)c21)CCC(O)C3. The number of phenolic OH excluding ortho intramolecular Hbond substituents is 2. The average molecular weight is 310 g/mol. The molecule has 0 fully saturated rings. The maximum absolute atomic E-state index is 12.7. The summed E-state index contributed by atoms with van der Waals surface area (Å²) in [5, 5.41) is 30.9. The molecule has 1 unspecified atom stereocenters. The number of hydrogen-bond acceptors (Lipinski definition) is 5. The summed E-state index contributed by atoms with van der Waals surface area (Å²) in [5.41, 5.74) is 0.986. The van der Waals surface area contributed by atoms with Crippen LogP contribution in [-0.4, -0.2) is 33.0 Å². The number of rotatable bonds is 0. The smallest absolute Gasteiger partial charge is 0.198 e. The molecule has 0 aromatic heterocycles. The maximum atomic E-state index is 12.7. The van der Waals surface area contributed by atoms with Crippen LogP contribution in [0.2, 0.25) is 0 Å². The predicted molar refractivity (Wildman–Crippen MR) is 81.1 cm³/mol. The number of hydrogen-bond donors (Lipinski definition) is 3. The van der Waals surface area contributed by atoms with E-state index in [0.717, 1.165) is 0 Å². The van der Waals surface area contributed by atoms with E-state index in [1.54, 1.807) is 12.1 Å². The van der Waals surface area contributed by atoms with Crippen LogP contribution in [0.25, 0.3) is 0 Å². The number of fused-ring (bicyclic) bond motifs is 3. The summed E-state index contributed by atoms with van der Waals surface area (Å²) in [6.07, 6.45) is 0.321. The monoisotopic (exact) mass is 310 g/mol. The summed E-state index contributed by atoms with van der Waals surface area (Å²) in [6.45, 7) is 0. The van der Waals surface area contributed by atoms with Crippen LogP contribution in [0.1, 0.15) is 49.4 Å². The summed E-state index contributed by atoms with van der Waals surface area (Å²) in [6, 6.07) is 6.37. The minimum Gasteiger partial charge on any atom is -0.507 e. The van der Waals surface area contributed by atoms with Crippen molar-refractivity contribution in [1.29, 1.82) is 0 Å². The van der Waals surface area contributed by atoms with Gasteiger partial charge in [0.05, 0.1) is 17.2 Å². The van der Waals surface area contributed by atoms with E-state index in [1.165, 1.54) is 12.1 Å². The molecular weight excluding hydrogens is 296 g/mol. The zero-order valence-corrected chi connectivity index (χ0v) is 12.2. The van der Waals surface area contributed by atoms with Crippen LogP contribution in [0.3, 0.4) is 0 Å². The summed E-state index contributed by atoms with van der Waals surface area (Å²) in [4.78, 5) is 25.4. The van der Waals surface area contributed by atoms with Gasteiger partial charge in [-0.2, -0.15) is 0 Å². The first-order chi connectivity index (χ1) is 11.0. The number of phenols is 2. The number of aliphatic hydroxyl groups excluding tert-OH is 1. The molecule has 5 nitrogen and oxygen atoms in total. The lowest BCUT2D eigenvalue weighted by Gasteiger charge is -2.27. The van der Waals surface area contributed by atoms with Crippen molar-refractivity contribution in [3.8, 4) is 11.5 Å². The van der Waals surface area contributed by atoms with Crippen molar-refractivity contribution in [2.24, 2.45) is 0 Å². The van der Waals surface area contributed by atoms with E-state index in [-0.39, 0.29) is 40.2 Å². The van der Waals surface area contributed by atoms with Gasteiger partial charge in [-0.25, -0.2) is 0 Å². The van der Waals surface area contributed by atoms with Gasteiger partial charge >= 0.3 is 0 Å². The Labute approximate surface area is 131 Å². The molecule has 0 saturated carbocycles. The van der Waals surface area contributed by atoms with Crippen molar-refractivity contribution in [2.45, 2.75) is 25.4 Å². The van der Waals surface area contributed by atoms with Gasteiger partial charge in [-0.05, 0) is 12.8 Å². The third kappa shape index (κ3) is 1.77. The molecule has 0 spiro atoms. The molecular formula is C18H14O5. The normalized spacial score (nSPS) is 19.1. The van der Waals surface area contributed by atoms with Crippen LogP contribution >= 0.6 is 0 Å². The van der Waals surface area contributed by atoms with Crippen LogP contribution in [0.5, 0.6) is 11.5 Å². The van der Waals surface area contributed by atoms with Crippen LogP contribution in [0.4, 0.5) is 0 Å². The Kier molecular flexibility index (Phi) is 2.83. The average Bonchev–Trinajstić information content (AvgIpc) is 2.56. The molecule has 0 bridgehead atoms. The topological polar surface area (TPSA) is 94.8 Å². The molecule has 2 aromatic carbocycles. The highest BCUT2D eigenvalue weighted by Crippen LogP contribution is 2.45. The van der Waals surface area contributed by atoms with Crippen LogP contribution in [0, 0.1) is 0 Å². The number of ketones is 2. The molecule has 5 heteroatoms. The predicted octanol–water partition coefficient (Wildman–Crippen LogP) is 1.72. The van der Waals surface area contributed by atoms with E-state index in [4.69, 9.17) is 0 Å². The molecule has 0 heterocycles. The Morgan fingerprint density at radius 3 is 1.96 bits per heavy atom. The van der Waals surface area contributed by atoms with Gasteiger partial charge in [0, 0.05) is 28.7 Å². The van der Waals surface area contributed by atoms with Crippen molar-refractivity contribution < 1.29 is 24.9 Å². The Morgan fingerprint density at radius 1 is 0.870 bits per heavy atom. The number of carbonyl (C=O) groups excluding carboxylic acids is 2. The molecule has 1 atom stereocenters. The lowest BCUT2D eigenvalue weighted by Crippen LogP contribution is -2.25. The second-order valence-electron chi connectivity index (χ2n) is 6.00. The van der Waals surface area contributed by atoms with Gasteiger partial charge in [-0.15, -0.1) is 0 Å². The number of aliphatic hydroxyl groups is 1. The fourth-order valence-corrected chi connectivity index (χ4v) is 3.55. The maximum Gasteiger partial charge on any atom is 0.198 e. The van der Waals surface area contributed by atoms with Crippen molar-refractivity contribution >= 4 is 11.6 Å². The van der Waals surface area contributed by atoms with Crippen LogP contribution < -0.4 is 0 Å². The van der Waals surface area contributed by atoms with Gasteiger partial charge in [0.2, 0.25) is 0 Å². The van der Waals surface area contributed by atoms with E-state index in [0.29, 0.717) is 24.0 Å². The van der Waals surface area contributed by atoms with Crippen molar-refractivity contribution in [1.82, 2.24) is 0 Å². The Balaban J connectivity index is 2.06. The first-order valence-corrected chi connectivity index (χ1v) is 7.46. The molecule has 0 saturated heterocycles. The molecule has 3 N–H and O–H groups in total. The lowest BCUT2D eigenvalue weighted by molar-refractivity contribution is 0.0972. The Morgan fingerprint density at radius 2 is 1.39 bits per heavy atom. The zero-order chi connectivity index (χ0) is 16.3. The summed E-state index contributed by atoms with van der Waals surface area (Å²) >= 11 is 0. The second-order valence-corrected chi connectivity index (χ2v) is 6.00. The Hall–Kier alpha value is -2.66. The van der Waals surface area contributed by atoms with Gasteiger partial charge in [-0.1, -0.05) is 24.3 Å². The van der Waals surface area contributed by atoms with Crippen molar-refractivity contribution in [3.05, 3.63) is 57.6 Å². The molecule has 4 rings (SSSR count). The van der Waals surface area contributed by atoms with Gasteiger partial charge in [-0.3, -0.25) is 9.59 Å². The van der Waals surface area contributed by atoms with Crippen molar-refractivity contribution in [3.63, 3.8) is 0 Å². The fraction of sp³-hybridized carbons (Fsp3) is 0.222. The molecule has 0 aliphatic heterocycles. The second kappa shape index (κ2) is 4.67. The number of aromatic hydroxyl groups is 2. The molecule has 23 heavy (non-hydrogen) atoms. The van der Waals surface area contributed by atoms with Gasteiger partial charge in [0.1, 0.15) is 11.5 Å². The van der Waals surface area contributed by atoms with Crippen LogP contribution in [0.15, 0.2) is 24.3 Å². The van der Waals surface area contributed by atoms with Gasteiger partial charge in [0.25, 0.3) is 0 Å². The van der Waals surface area contributed by atoms with E-state index in [1.807, 2.05) is 0 Å². The first kappa shape index (κ1) is 14.0. The van der Waals surface area contributed by atoms with E-state index in [2.05, 4.69) is 0 Å². The molecule has 0 radical (unpaired) electrons. The zero-order valence-electron chi connectivity index (χ0n) is 12.2. The minimum atomic E-state index is -0.632. The summed E-state index contributed by atoms with van der Waals surface area (Å²) in [7, 11) is 0. The molecule has 2 aliphatic rings. The summed E-state index contributed by atoms with van der Waals surface area (Å²) < 4.78 is 0. The lowest BCUT2D eigenvalue weighted by atomic mass is 9.77. The number of carbonyl (C=O) groups is 2. The van der Waals surface area contributed by atoms with E-state index in [9.17, 15) is 24.9 Å². The number of benzene rings is 2. The quantitative estimate of drug-likeness (QED) is 0.550. The fourth-order valence-electron chi connectivity index (χ4n) is 3.55. The van der Waals surface area contributed by atoms with E-state index < -0.39 is 17.7 Å². The van der Waals surface area contributed by atoms with E-state index >= 15 is 0 Å².